The van der Waals surface area contributed by atoms with E-state index in [1.165, 1.54) is 0 Å². The molecule has 0 bridgehead atoms. The zero-order valence-corrected chi connectivity index (χ0v) is 15.3. The summed E-state index contributed by atoms with van der Waals surface area (Å²) in [6.07, 6.45) is 4.15. The number of hydrogen-bond donors (Lipinski definition) is 0. The van der Waals surface area contributed by atoms with Crippen molar-refractivity contribution in [1.29, 1.82) is 5.26 Å². The zero-order valence-electron chi connectivity index (χ0n) is 13.7. The fourth-order valence-corrected chi connectivity index (χ4v) is 6.65. The molecule has 1 atom stereocenters. The van der Waals surface area contributed by atoms with Gasteiger partial charge in [-0.2, -0.15) is 5.26 Å². The largest absolute Gasteiger partial charge is 0.369 e. The normalized spacial score (nSPS) is 25.4. The van der Waals surface area contributed by atoms with E-state index in [9.17, 15) is 13.7 Å². The molecule has 0 amide bonds. The van der Waals surface area contributed by atoms with Crippen LogP contribution in [-0.4, -0.2) is 38.0 Å². The van der Waals surface area contributed by atoms with Crippen LogP contribution in [0.5, 0.6) is 0 Å². The number of pyridine rings is 1. The summed E-state index contributed by atoms with van der Waals surface area (Å²) in [6.45, 7) is 1.47. The Hall–Kier alpha value is -1.84. The number of nitriles is 1. The first-order valence-electron chi connectivity index (χ1n) is 8.35. The lowest BCUT2D eigenvalue weighted by Crippen LogP contribution is -2.44. The Morgan fingerprint density at radius 1 is 1.32 bits per heavy atom. The molecule has 0 aliphatic carbocycles. The van der Waals surface area contributed by atoms with E-state index in [0.29, 0.717) is 23.6 Å². The molecule has 4 rings (SSSR count). The number of anilines is 1. The van der Waals surface area contributed by atoms with Crippen LogP contribution in [0.3, 0.4) is 0 Å². The summed E-state index contributed by atoms with van der Waals surface area (Å²) < 4.78 is 24.1. The first-order chi connectivity index (χ1) is 11.9. The van der Waals surface area contributed by atoms with Crippen LogP contribution >= 0.6 is 11.6 Å². The van der Waals surface area contributed by atoms with Crippen molar-refractivity contribution in [2.75, 3.05) is 29.5 Å². The highest BCUT2D eigenvalue weighted by molar-refractivity contribution is 7.91. The van der Waals surface area contributed by atoms with E-state index in [0.717, 1.165) is 36.0 Å². The lowest BCUT2D eigenvalue weighted by atomic mass is 9.79. The van der Waals surface area contributed by atoms with Gasteiger partial charge in [0.05, 0.1) is 28.3 Å². The van der Waals surface area contributed by atoms with Gasteiger partial charge in [-0.1, -0.05) is 11.6 Å². The summed E-state index contributed by atoms with van der Waals surface area (Å²) in [5, 5.41) is 11.0. The average molecular weight is 376 g/mol. The molecule has 2 fully saturated rings. The highest BCUT2D eigenvalue weighted by Gasteiger charge is 2.45. The number of hydrogen-bond acceptors (Lipinski definition) is 5. The van der Waals surface area contributed by atoms with Gasteiger partial charge in [0.15, 0.2) is 9.84 Å². The van der Waals surface area contributed by atoms with Crippen LogP contribution in [0.1, 0.15) is 24.8 Å². The number of sulfone groups is 1. The predicted octanol–water partition coefficient (Wildman–Crippen LogP) is 3.16. The molecule has 2 aliphatic rings. The fourth-order valence-electron chi connectivity index (χ4n) is 4.28. The fraction of sp³-hybridized carbons (Fsp3) is 0.444. The maximum atomic E-state index is 12.0. The van der Waals surface area contributed by atoms with Crippen LogP contribution < -0.4 is 4.90 Å². The maximum absolute atomic E-state index is 12.0. The van der Waals surface area contributed by atoms with E-state index in [1.54, 1.807) is 12.3 Å². The number of rotatable bonds is 1. The molecule has 130 valence electrons. The first-order valence-corrected chi connectivity index (χ1v) is 10.6. The standard InChI is InChI=1S/C18H18ClN3O2S/c19-14-2-3-16-15(8-14)17(13(9-20)10-21-16)22-6-1-4-18(11-22)5-7-25(23,24)12-18/h2-3,8,10H,1,4-7,11-12H2. The molecule has 2 saturated heterocycles. The predicted molar refractivity (Wildman–Crippen MR) is 98.6 cm³/mol. The van der Waals surface area contributed by atoms with Crippen LogP contribution in [-0.2, 0) is 9.84 Å². The second-order valence-electron chi connectivity index (χ2n) is 7.16. The van der Waals surface area contributed by atoms with Gasteiger partial charge in [-0.3, -0.25) is 4.98 Å². The molecule has 5 nitrogen and oxygen atoms in total. The van der Waals surface area contributed by atoms with Gasteiger partial charge < -0.3 is 4.90 Å². The third-order valence-corrected chi connectivity index (χ3v) is 7.48. The highest BCUT2D eigenvalue weighted by atomic mass is 35.5. The third-order valence-electron chi connectivity index (χ3n) is 5.37. The van der Waals surface area contributed by atoms with E-state index in [-0.39, 0.29) is 16.9 Å². The minimum absolute atomic E-state index is 0.196. The molecule has 0 radical (unpaired) electrons. The summed E-state index contributed by atoms with van der Waals surface area (Å²) in [7, 11) is -2.95. The Morgan fingerprint density at radius 2 is 2.16 bits per heavy atom. The van der Waals surface area contributed by atoms with Crippen LogP contribution in [0.25, 0.3) is 10.9 Å². The highest BCUT2D eigenvalue weighted by Crippen LogP contribution is 2.43. The molecule has 2 aromatic rings. The summed E-state index contributed by atoms with van der Waals surface area (Å²) in [5.41, 5.74) is 1.93. The second-order valence-corrected chi connectivity index (χ2v) is 9.78. The van der Waals surface area contributed by atoms with E-state index >= 15 is 0 Å². The molecule has 25 heavy (non-hydrogen) atoms. The van der Waals surface area contributed by atoms with Gasteiger partial charge in [0.2, 0.25) is 0 Å². The molecular formula is C18H18ClN3O2S. The molecular weight excluding hydrogens is 358 g/mol. The number of benzene rings is 1. The molecule has 1 spiro atoms. The van der Waals surface area contributed by atoms with Crippen molar-refractivity contribution in [1.82, 2.24) is 4.98 Å². The van der Waals surface area contributed by atoms with Gasteiger partial charge in [-0.05, 0) is 37.5 Å². The van der Waals surface area contributed by atoms with E-state index in [4.69, 9.17) is 11.6 Å². The van der Waals surface area contributed by atoms with E-state index < -0.39 is 9.84 Å². The van der Waals surface area contributed by atoms with Gasteiger partial charge in [-0.15, -0.1) is 0 Å². The summed E-state index contributed by atoms with van der Waals surface area (Å²) in [5.74, 6) is 0.525. The Labute approximate surface area is 152 Å². The number of fused-ring (bicyclic) bond motifs is 1. The Morgan fingerprint density at radius 3 is 2.88 bits per heavy atom. The SMILES string of the molecule is N#Cc1cnc2ccc(Cl)cc2c1N1CCCC2(CCS(=O)(=O)C2)C1. The van der Waals surface area contributed by atoms with Crippen molar-refractivity contribution in [3.63, 3.8) is 0 Å². The van der Waals surface area contributed by atoms with Gasteiger partial charge in [0, 0.05) is 35.1 Å². The number of piperidine rings is 1. The molecule has 1 aromatic heterocycles. The van der Waals surface area contributed by atoms with Crippen LogP contribution in [0.2, 0.25) is 5.02 Å². The van der Waals surface area contributed by atoms with Crippen LogP contribution in [0.4, 0.5) is 5.69 Å². The van der Waals surface area contributed by atoms with Crippen LogP contribution in [0.15, 0.2) is 24.4 Å². The molecule has 0 saturated carbocycles. The number of aromatic nitrogens is 1. The Bertz CT molecular complexity index is 999. The summed E-state index contributed by atoms with van der Waals surface area (Å²) >= 11 is 6.17. The zero-order chi connectivity index (χ0) is 17.7. The van der Waals surface area contributed by atoms with Gasteiger partial charge in [0.1, 0.15) is 6.07 Å². The van der Waals surface area contributed by atoms with Gasteiger partial charge >= 0.3 is 0 Å². The number of halogens is 1. The van der Waals surface area contributed by atoms with Crippen molar-refractivity contribution in [2.45, 2.75) is 19.3 Å². The van der Waals surface area contributed by atoms with Crippen molar-refractivity contribution >= 4 is 38.0 Å². The number of nitrogens with zero attached hydrogens (tertiary/aromatic N) is 3. The summed E-state index contributed by atoms with van der Waals surface area (Å²) in [6, 6.07) is 7.71. The molecule has 2 aliphatic heterocycles. The molecule has 1 aromatic carbocycles. The van der Waals surface area contributed by atoms with Crippen LogP contribution in [0, 0.1) is 16.7 Å². The first kappa shape index (κ1) is 16.6. The third kappa shape index (κ3) is 2.96. The average Bonchev–Trinajstić information content (AvgIpc) is 2.87. The topological polar surface area (TPSA) is 74.1 Å². The minimum Gasteiger partial charge on any atom is -0.369 e. The second kappa shape index (κ2) is 5.86. The van der Waals surface area contributed by atoms with Gasteiger partial charge in [0.25, 0.3) is 0 Å². The lowest BCUT2D eigenvalue weighted by molar-refractivity contribution is 0.270. The minimum atomic E-state index is -2.95. The molecule has 0 N–H and O–H groups in total. The molecule has 7 heteroatoms. The van der Waals surface area contributed by atoms with Crippen molar-refractivity contribution in [3.8, 4) is 6.07 Å². The maximum Gasteiger partial charge on any atom is 0.150 e. The smallest absolute Gasteiger partial charge is 0.150 e. The van der Waals surface area contributed by atoms with Gasteiger partial charge in [-0.25, -0.2) is 8.42 Å². The molecule has 1 unspecified atom stereocenters. The van der Waals surface area contributed by atoms with Crippen molar-refractivity contribution in [3.05, 3.63) is 35.0 Å². The lowest BCUT2D eigenvalue weighted by Gasteiger charge is -2.41. The van der Waals surface area contributed by atoms with E-state index in [2.05, 4.69) is 16.0 Å². The van der Waals surface area contributed by atoms with Crippen molar-refractivity contribution in [2.24, 2.45) is 5.41 Å². The Kier molecular flexibility index (Phi) is 3.89. The van der Waals surface area contributed by atoms with Crippen molar-refractivity contribution < 1.29 is 8.42 Å². The summed E-state index contributed by atoms with van der Waals surface area (Å²) in [4.78, 5) is 6.53. The Balaban J connectivity index is 1.81. The quantitative estimate of drug-likeness (QED) is 0.765. The molecule has 3 heterocycles. The monoisotopic (exact) mass is 375 g/mol. The van der Waals surface area contributed by atoms with E-state index in [1.807, 2.05) is 12.1 Å².